The number of carbonyl (C=O) groups excluding carboxylic acids is 1. The smallest absolute Gasteiger partial charge is 0.186 e. The average molecular weight is 381 g/mol. The number of phenols is 1. The molecule has 0 radical (unpaired) electrons. The summed E-state index contributed by atoms with van der Waals surface area (Å²) in [7, 11) is 0. The van der Waals surface area contributed by atoms with Crippen molar-refractivity contribution in [1.29, 1.82) is 5.41 Å². The van der Waals surface area contributed by atoms with Gasteiger partial charge < -0.3 is 5.11 Å². The molecule has 0 unspecified atom stereocenters. The fraction of sp³-hybridized carbons (Fsp3) is 0.0714. The van der Waals surface area contributed by atoms with Crippen molar-refractivity contribution in [2.24, 2.45) is 0 Å². The lowest BCUT2D eigenvalue weighted by molar-refractivity contribution is -0.114. The Balaban J connectivity index is 1.97. The van der Waals surface area contributed by atoms with Crippen LogP contribution < -0.4 is 0 Å². The third kappa shape index (κ3) is 2.81. The third-order valence-corrected chi connectivity index (χ3v) is 5.29. The Labute approximate surface area is 137 Å². The summed E-state index contributed by atoms with van der Waals surface area (Å²) in [6.07, 6.45) is 3.25. The van der Waals surface area contributed by atoms with Crippen LogP contribution in [-0.4, -0.2) is 20.9 Å². The fourth-order valence-electron chi connectivity index (χ4n) is 1.97. The lowest BCUT2D eigenvalue weighted by Crippen LogP contribution is -2.11. The Bertz CT molecular complexity index is 756. The molecule has 3 rings (SSSR count). The van der Waals surface area contributed by atoms with E-state index in [1.54, 1.807) is 35.9 Å². The molecule has 0 spiro atoms. The molecular weight excluding hydrogens is 372 g/mol. The number of hydrogen-bond acceptors (Lipinski definition) is 6. The Morgan fingerprint density at radius 2 is 2.24 bits per heavy atom. The molecule has 0 bridgehead atoms. The Morgan fingerprint density at radius 1 is 1.43 bits per heavy atom. The van der Waals surface area contributed by atoms with Crippen LogP contribution in [0, 0.1) is 5.41 Å². The summed E-state index contributed by atoms with van der Waals surface area (Å²) in [4.78, 5) is 17.0. The van der Waals surface area contributed by atoms with Crippen LogP contribution in [-0.2, 0) is 4.79 Å². The number of thioether (sulfide) groups is 1. The molecule has 1 aromatic heterocycles. The molecule has 0 aliphatic carbocycles. The fourth-order valence-corrected chi connectivity index (χ4v) is 4.15. The standard InChI is InChI=1S/C14H9BrN2O2S2/c15-8-1-2-9(18)7(5-8)6-10-12(19)11(13(16)21-10)14-17-3-4-20-14/h1-6,11,16,18H/b10-6-,16-13?/t11-/m0/s1. The number of thiazole rings is 1. The molecule has 0 amide bonds. The van der Waals surface area contributed by atoms with E-state index in [9.17, 15) is 9.90 Å². The summed E-state index contributed by atoms with van der Waals surface area (Å²) in [5.41, 5.74) is 0.549. The Morgan fingerprint density at radius 3 is 2.95 bits per heavy atom. The van der Waals surface area contributed by atoms with Crippen molar-refractivity contribution in [3.05, 3.63) is 49.7 Å². The molecule has 106 valence electrons. The molecule has 1 fully saturated rings. The number of nitrogens with zero attached hydrogens (tertiary/aromatic N) is 1. The van der Waals surface area contributed by atoms with E-state index in [1.807, 2.05) is 0 Å². The van der Waals surface area contributed by atoms with Gasteiger partial charge in [0.05, 0.1) is 9.95 Å². The van der Waals surface area contributed by atoms with E-state index in [4.69, 9.17) is 5.41 Å². The van der Waals surface area contributed by atoms with Gasteiger partial charge in [0.25, 0.3) is 0 Å². The maximum absolute atomic E-state index is 12.5. The SMILES string of the molecule is N=C1S/C(=C\c2cc(Br)ccc2O)C(=O)[C@@H]1c1nccs1. The maximum atomic E-state index is 12.5. The molecule has 1 atom stereocenters. The van der Waals surface area contributed by atoms with Crippen LogP contribution >= 0.6 is 39.0 Å². The van der Waals surface area contributed by atoms with Gasteiger partial charge in [-0.2, -0.15) is 0 Å². The summed E-state index contributed by atoms with van der Waals surface area (Å²) in [6.45, 7) is 0. The highest BCUT2D eigenvalue weighted by molar-refractivity contribution is 9.10. The molecule has 2 heterocycles. The van der Waals surface area contributed by atoms with Crippen molar-refractivity contribution in [1.82, 2.24) is 4.98 Å². The van der Waals surface area contributed by atoms with Crippen LogP contribution in [0.1, 0.15) is 16.5 Å². The van der Waals surface area contributed by atoms with Gasteiger partial charge in [-0.15, -0.1) is 11.3 Å². The molecule has 7 heteroatoms. The van der Waals surface area contributed by atoms with E-state index in [0.29, 0.717) is 15.5 Å². The van der Waals surface area contributed by atoms with Crippen molar-refractivity contribution in [2.45, 2.75) is 5.92 Å². The van der Waals surface area contributed by atoms with Crippen LogP contribution in [0.4, 0.5) is 0 Å². The third-order valence-electron chi connectivity index (χ3n) is 2.96. The van der Waals surface area contributed by atoms with Gasteiger partial charge in [0.15, 0.2) is 5.78 Å². The zero-order chi connectivity index (χ0) is 15.0. The van der Waals surface area contributed by atoms with Crippen LogP contribution in [0.5, 0.6) is 5.75 Å². The molecule has 1 saturated heterocycles. The van der Waals surface area contributed by atoms with Gasteiger partial charge in [-0.25, -0.2) is 4.98 Å². The van der Waals surface area contributed by atoms with E-state index in [0.717, 1.165) is 16.2 Å². The summed E-state index contributed by atoms with van der Waals surface area (Å²) >= 11 is 5.83. The maximum Gasteiger partial charge on any atom is 0.186 e. The normalized spacial score (nSPS) is 20.4. The highest BCUT2D eigenvalue weighted by Crippen LogP contribution is 2.41. The Kier molecular flexibility index (Phi) is 3.97. The second-order valence-corrected chi connectivity index (χ2v) is 7.27. The summed E-state index contributed by atoms with van der Waals surface area (Å²) < 4.78 is 0.814. The first-order chi connectivity index (χ1) is 10.1. The van der Waals surface area contributed by atoms with E-state index >= 15 is 0 Å². The Hall–Kier alpha value is -1.44. The average Bonchev–Trinajstić information content (AvgIpc) is 3.03. The number of aromatic nitrogens is 1. The quantitative estimate of drug-likeness (QED) is 0.771. The number of aromatic hydroxyl groups is 1. The number of phenolic OH excluding ortho intramolecular Hbond substituents is 1. The second-order valence-electron chi connectivity index (χ2n) is 4.35. The number of ketones is 1. The summed E-state index contributed by atoms with van der Waals surface area (Å²) in [5, 5.41) is 20.6. The highest BCUT2D eigenvalue weighted by atomic mass is 79.9. The number of allylic oxidation sites excluding steroid dienone is 1. The highest BCUT2D eigenvalue weighted by Gasteiger charge is 2.38. The van der Waals surface area contributed by atoms with E-state index in [-0.39, 0.29) is 16.6 Å². The molecule has 1 aromatic carbocycles. The van der Waals surface area contributed by atoms with E-state index in [1.165, 1.54) is 11.3 Å². The van der Waals surface area contributed by atoms with Gasteiger partial charge >= 0.3 is 0 Å². The molecular formula is C14H9BrN2O2S2. The van der Waals surface area contributed by atoms with Gasteiger partial charge in [-0.3, -0.25) is 10.2 Å². The molecule has 4 nitrogen and oxygen atoms in total. The minimum atomic E-state index is -0.601. The minimum Gasteiger partial charge on any atom is -0.507 e. The van der Waals surface area contributed by atoms with Gasteiger partial charge in [-0.05, 0) is 24.3 Å². The van der Waals surface area contributed by atoms with E-state index in [2.05, 4.69) is 20.9 Å². The van der Waals surface area contributed by atoms with Gasteiger partial charge in [0, 0.05) is 21.6 Å². The van der Waals surface area contributed by atoms with Crippen molar-refractivity contribution in [3.8, 4) is 5.75 Å². The first-order valence-corrected chi connectivity index (χ1v) is 8.45. The lowest BCUT2D eigenvalue weighted by atomic mass is 10.0. The van der Waals surface area contributed by atoms with Crippen molar-refractivity contribution < 1.29 is 9.90 Å². The van der Waals surface area contributed by atoms with E-state index < -0.39 is 5.92 Å². The van der Waals surface area contributed by atoms with Gasteiger partial charge in [0.2, 0.25) is 0 Å². The van der Waals surface area contributed by atoms with Crippen LogP contribution in [0.15, 0.2) is 39.2 Å². The molecule has 1 aliphatic rings. The van der Waals surface area contributed by atoms with Gasteiger partial charge in [-0.1, -0.05) is 27.7 Å². The number of benzene rings is 1. The monoisotopic (exact) mass is 380 g/mol. The number of hydrogen-bond donors (Lipinski definition) is 2. The number of Topliss-reactive ketones (excluding diaryl/α,β-unsaturated/α-hetero) is 1. The number of carbonyl (C=O) groups is 1. The zero-order valence-electron chi connectivity index (χ0n) is 10.5. The summed E-state index contributed by atoms with van der Waals surface area (Å²) in [5.74, 6) is -0.641. The molecule has 2 N–H and O–H groups in total. The number of halogens is 1. The van der Waals surface area contributed by atoms with Crippen molar-refractivity contribution >= 4 is 55.9 Å². The summed E-state index contributed by atoms with van der Waals surface area (Å²) in [6, 6.07) is 5.02. The lowest BCUT2D eigenvalue weighted by Gasteiger charge is -2.02. The van der Waals surface area contributed by atoms with Crippen molar-refractivity contribution in [2.75, 3.05) is 0 Å². The van der Waals surface area contributed by atoms with Crippen LogP contribution in [0.25, 0.3) is 6.08 Å². The molecule has 21 heavy (non-hydrogen) atoms. The predicted molar refractivity (Wildman–Crippen MR) is 89.0 cm³/mol. The first kappa shape index (κ1) is 14.5. The zero-order valence-corrected chi connectivity index (χ0v) is 13.8. The molecule has 1 aliphatic heterocycles. The topological polar surface area (TPSA) is 74.0 Å². The van der Waals surface area contributed by atoms with Crippen molar-refractivity contribution in [3.63, 3.8) is 0 Å². The second kappa shape index (κ2) is 5.75. The van der Waals surface area contributed by atoms with Gasteiger partial charge in [0.1, 0.15) is 16.7 Å². The number of rotatable bonds is 2. The predicted octanol–water partition coefficient (Wildman–Crippen LogP) is 4.03. The number of nitrogens with one attached hydrogen (secondary N) is 1. The minimum absolute atomic E-state index is 0.100. The molecule has 0 saturated carbocycles. The molecule has 2 aromatic rings. The van der Waals surface area contributed by atoms with Crippen LogP contribution in [0.2, 0.25) is 0 Å². The largest absolute Gasteiger partial charge is 0.507 e. The van der Waals surface area contributed by atoms with Crippen LogP contribution in [0.3, 0.4) is 0 Å². The first-order valence-electron chi connectivity index (χ1n) is 5.96.